The van der Waals surface area contributed by atoms with Crippen LogP contribution in [-0.2, 0) is 31.9 Å². The Morgan fingerprint density at radius 1 is 0.615 bits per heavy atom. The molecule has 0 fully saturated rings. The van der Waals surface area contributed by atoms with E-state index in [2.05, 4.69) is 24.3 Å². The maximum Gasteiger partial charge on any atom is 0.306 e. The summed E-state index contributed by atoms with van der Waals surface area (Å²) < 4.78 is 10.3. The highest BCUT2D eigenvalue weighted by molar-refractivity contribution is 5.77. The van der Waals surface area contributed by atoms with Crippen LogP contribution in [0.5, 0.6) is 0 Å². The van der Waals surface area contributed by atoms with E-state index in [1.807, 2.05) is 36.4 Å². The largest absolute Gasteiger partial charge is 0.466 e. The van der Waals surface area contributed by atoms with Gasteiger partial charge in [0, 0.05) is 0 Å². The second-order valence-corrected chi connectivity index (χ2v) is 6.12. The van der Waals surface area contributed by atoms with Gasteiger partial charge in [-0.2, -0.15) is 0 Å². The van der Waals surface area contributed by atoms with E-state index in [0.29, 0.717) is 13.2 Å². The fraction of sp³-hybridized carbons (Fsp3) is 0.364. The molecule has 0 heterocycles. The minimum atomic E-state index is -0.348. The molecule has 2 aromatic rings. The molecule has 4 nitrogen and oxygen atoms in total. The normalized spacial score (nSPS) is 10.3. The minimum Gasteiger partial charge on any atom is -0.466 e. The van der Waals surface area contributed by atoms with Gasteiger partial charge in [0.25, 0.3) is 0 Å². The molecule has 138 valence electrons. The maximum absolute atomic E-state index is 11.6. The van der Waals surface area contributed by atoms with Gasteiger partial charge < -0.3 is 9.47 Å². The summed E-state index contributed by atoms with van der Waals surface area (Å²) in [5, 5.41) is 0. The number of carbonyl (C=O) groups is 2. The van der Waals surface area contributed by atoms with Gasteiger partial charge in [0.2, 0.25) is 0 Å². The van der Waals surface area contributed by atoms with Crippen LogP contribution >= 0.6 is 0 Å². The van der Waals surface area contributed by atoms with Gasteiger partial charge >= 0.3 is 11.9 Å². The summed E-state index contributed by atoms with van der Waals surface area (Å²) in [4.78, 5) is 23.3. The monoisotopic (exact) mass is 354 g/mol. The third kappa shape index (κ3) is 8.47. The van der Waals surface area contributed by atoms with Gasteiger partial charge in [-0.1, -0.05) is 60.7 Å². The minimum absolute atomic E-state index is 0.0723. The van der Waals surface area contributed by atoms with Gasteiger partial charge in [0.15, 0.2) is 0 Å². The average Bonchev–Trinajstić information content (AvgIpc) is 2.68. The first kappa shape index (κ1) is 19.7. The Kier molecular flexibility index (Phi) is 8.98. The van der Waals surface area contributed by atoms with Crippen molar-refractivity contribution in [2.75, 3.05) is 13.2 Å². The SMILES string of the molecule is O=C(CCC(=O)OCCCc1ccccc1)OCCCc1ccccc1. The van der Waals surface area contributed by atoms with Gasteiger partial charge in [-0.25, -0.2) is 0 Å². The molecule has 0 amide bonds. The van der Waals surface area contributed by atoms with E-state index in [4.69, 9.17) is 9.47 Å². The van der Waals surface area contributed by atoms with Crippen LogP contribution in [0.3, 0.4) is 0 Å². The molecule has 0 aromatic heterocycles. The number of hydrogen-bond acceptors (Lipinski definition) is 4. The van der Waals surface area contributed by atoms with Crippen molar-refractivity contribution in [3.63, 3.8) is 0 Å². The number of ether oxygens (including phenoxy) is 2. The lowest BCUT2D eigenvalue weighted by atomic mass is 10.1. The van der Waals surface area contributed by atoms with E-state index in [9.17, 15) is 9.59 Å². The predicted octanol–water partition coefficient (Wildman–Crippen LogP) is 4.12. The van der Waals surface area contributed by atoms with Crippen molar-refractivity contribution in [2.24, 2.45) is 0 Å². The lowest BCUT2D eigenvalue weighted by Gasteiger charge is -2.06. The Morgan fingerprint density at radius 3 is 1.38 bits per heavy atom. The predicted molar refractivity (Wildman–Crippen MR) is 101 cm³/mol. The Hall–Kier alpha value is -2.62. The lowest BCUT2D eigenvalue weighted by molar-refractivity contribution is -0.150. The number of aryl methyl sites for hydroxylation is 2. The molecule has 2 rings (SSSR count). The summed E-state index contributed by atoms with van der Waals surface area (Å²) in [6, 6.07) is 20.1. The topological polar surface area (TPSA) is 52.6 Å². The number of rotatable bonds is 11. The lowest BCUT2D eigenvalue weighted by Crippen LogP contribution is -2.12. The fourth-order valence-electron chi connectivity index (χ4n) is 2.56. The first-order valence-corrected chi connectivity index (χ1v) is 9.13. The molecule has 26 heavy (non-hydrogen) atoms. The Labute approximate surface area is 155 Å². The number of carbonyl (C=O) groups excluding carboxylic acids is 2. The zero-order valence-electron chi connectivity index (χ0n) is 15.1. The van der Waals surface area contributed by atoms with Crippen molar-refractivity contribution >= 4 is 11.9 Å². The summed E-state index contributed by atoms with van der Waals surface area (Å²) in [5.41, 5.74) is 2.45. The van der Waals surface area contributed by atoms with Crippen LogP contribution in [0.15, 0.2) is 60.7 Å². The second-order valence-electron chi connectivity index (χ2n) is 6.12. The van der Waals surface area contributed by atoms with Crippen molar-refractivity contribution < 1.29 is 19.1 Å². The molecule has 0 unspecified atom stereocenters. The van der Waals surface area contributed by atoms with Crippen LogP contribution in [0, 0.1) is 0 Å². The van der Waals surface area contributed by atoms with Gasteiger partial charge in [-0.3, -0.25) is 9.59 Å². The van der Waals surface area contributed by atoms with Crippen molar-refractivity contribution in [2.45, 2.75) is 38.5 Å². The molecule has 2 aromatic carbocycles. The summed E-state index contributed by atoms with van der Waals surface area (Å²) in [6.45, 7) is 0.750. The summed E-state index contributed by atoms with van der Waals surface area (Å²) in [6.07, 6.45) is 3.44. The number of hydrogen-bond donors (Lipinski definition) is 0. The van der Waals surface area contributed by atoms with Crippen LogP contribution in [0.25, 0.3) is 0 Å². The van der Waals surface area contributed by atoms with E-state index in [1.165, 1.54) is 11.1 Å². The standard InChI is InChI=1S/C22H26O4/c23-21(25-17-7-13-19-9-3-1-4-10-19)15-16-22(24)26-18-8-14-20-11-5-2-6-12-20/h1-6,9-12H,7-8,13-18H2. The number of benzene rings is 2. The molecule has 0 N–H and O–H groups in total. The van der Waals surface area contributed by atoms with Crippen LogP contribution < -0.4 is 0 Å². The van der Waals surface area contributed by atoms with E-state index in [-0.39, 0.29) is 24.8 Å². The number of esters is 2. The van der Waals surface area contributed by atoms with Gasteiger partial charge in [0.05, 0.1) is 26.1 Å². The van der Waals surface area contributed by atoms with Crippen molar-refractivity contribution in [3.05, 3.63) is 71.8 Å². The average molecular weight is 354 g/mol. The summed E-state index contributed by atoms with van der Waals surface area (Å²) >= 11 is 0. The first-order valence-electron chi connectivity index (χ1n) is 9.13. The molecule has 0 aliphatic heterocycles. The van der Waals surface area contributed by atoms with E-state index < -0.39 is 0 Å². The van der Waals surface area contributed by atoms with E-state index in [0.717, 1.165) is 25.7 Å². The van der Waals surface area contributed by atoms with Crippen LogP contribution in [0.4, 0.5) is 0 Å². The fourth-order valence-corrected chi connectivity index (χ4v) is 2.56. The van der Waals surface area contributed by atoms with Crippen LogP contribution in [0.2, 0.25) is 0 Å². The third-order valence-electron chi connectivity index (χ3n) is 3.96. The van der Waals surface area contributed by atoms with Gasteiger partial charge in [0.1, 0.15) is 0 Å². The smallest absolute Gasteiger partial charge is 0.306 e. The molecule has 4 heteroatoms. The second kappa shape index (κ2) is 11.9. The van der Waals surface area contributed by atoms with Crippen molar-refractivity contribution in [3.8, 4) is 0 Å². The highest BCUT2D eigenvalue weighted by Crippen LogP contribution is 2.05. The zero-order chi connectivity index (χ0) is 18.5. The van der Waals surface area contributed by atoms with Gasteiger partial charge in [-0.05, 0) is 36.8 Å². The molecule has 0 atom stereocenters. The highest BCUT2D eigenvalue weighted by atomic mass is 16.5. The molecule has 0 saturated heterocycles. The maximum atomic E-state index is 11.6. The van der Waals surface area contributed by atoms with Crippen molar-refractivity contribution in [1.29, 1.82) is 0 Å². The Balaban J connectivity index is 1.47. The van der Waals surface area contributed by atoms with E-state index in [1.54, 1.807) is 0 Å². The van der Waals surface area contributed by atoms with Gasteiger partial charge in [-0.15, -0.1) is 0 Å². The van der Waals surface area contributed by atoms with Crippen LogP contribution in [0.1, 0.15) is 36.8 Å². The first-order chi connectivity index (χ1) is 12.7. The Morgan fingerprint density at radius 2 is 1.00 bits per heavy atom. The van der Waals surface area contributed by atoms with Crippen molar-refractivity contribution in [1.82, 2.24) is 0 Å². The summed E-state index contributed by atoms with van der Waals surface area (Å²) in [7, 11) is 0. The molecular weight excluding hydrogens is 328 g/mol. The zero-order valence-corrected chi connectivity index (χ0v) is 15.1. The molecule has 0 aliphatic carbocycles. The molecular formula is C22H26O4. The molecule has 0 bridgehead atoms. The molecule has 0 spiro atoms. The molecule has 0 radical (unpaired) electrons. The highest BCUT2D eigenvalue weighted by Gasteiger charge is 2.09. The quantitative estimate of drug-likeness (QED) is 0.450. The van der Waals surface area contributed by atoms with Crippen LogP contribution in [-0.4, -0.2) is 25.2 Å². The molecule has 0 aliphatic rings. The Bertz CT molecular complexity index is 593. The van der Waals surface area contributed by atoms with E-state index >= 15 is 0 Å². The third-order valence-corrected chi connectivity index (χ3v) is 3.96. The molecule has 0 saturated carbocycles. The summed E-state index contributed by atoms with van der Waals surface area (Å²) in [5.74, 6) is -0.696.